The van der Waals surface area contributed by atoms with Gasteiger partial charge in [0, 0.05) is 35.1 Å². The smallest absolute Gasteiger partial charge is 0.188 e. The molecule has 0 unspecified atom stereocenters. The van der Waals surface area contributed by atoms with Crippen LogP contribution in [0.15, 0.2) is 85.1 Å². The van der Waals surface area contributed by atoms with Crippen molar-refractivity contribution in [2.24, 2.45) is 5.73 Å². The number of fused-ring (bicyclic) bond motifs is 1. The van der Waals surface area contributed by atoms with E-state index in [9.17, 15) is 0 Å². The molecule has 5 aromatic rings. The zero-order valence-corrected chi connectivity index (χ0v) is 22.7. The molecule has 40 heavy (non-hydrogen) atoms. The van der Waals surface area contributed by atoms with Crippen LogP contribution < -0.4 is 20.1 Å². The van der Waals surface area contributed by atoms with E-state index in [1.165, 1.54) is 0 Å². The fraction of sp³-hybridized carbons (Fsp3) is 0.188. The number of hydrogen-bond donors (Lipinski definition) is 3. The van der Waals surface area contributed by atoms with E-state index in [4.69, 9.17) is 25.6 Å². The molecule has 1 heterocycles. The predicted octanol–water partition coefficient (Wildman–Crippen LogP) is 7.18. The van der Waals surface area contributed by atoms with Crippen LogP contribution in [-0.2, 0) is 6.54 Å². The van der Waals surface area contributed by atoms with Gasteiger partial charge in [-0.25, -0.2) is 9.37 Å². The first-order chi connectivity index (χ1) is 19.3. The quantitative estimate of drug-likeness (QED) is 0.129. The molecule has 0 fully saturated rings. The Kier molecular flexibility index (Phi) is 7.68. The van der Waals surface area contributed by atoms with E-state index in [0.717, 1.165) is 22.0 Å². The summed E-state index contributed by atoms with van der Waals surface area (Å²) in [6, 6.07) is 24.6. The molecule has 0 radical (unpaired) electrons. The van der Waals surface area contributed by atoms with E-state index in [-0.39, 0.29) is 29.9 Å². The number of rotatable bonds is 10. The molecule has 0 saturated heterocycles. The lowest BCUT2D eigenvalue weighted by Gasteiger charge is -2.26. The molecule has 0 amide bonds. The number of ether oxygens (including phenoxy) is 2. The van der Waals surface area contributed by atoms with Crippen molar-refractivity contribution in [3.8, 4) is 22.8 Å². The molecule has 0 spiro atoms. The number of nitrogens with zero attached hydrogens (tertiary/aromatic N) is 2. The third-order valence-corrected chi connectivity index (χ3v) is 6.45. The Labute approximate surface area is 232 Å². The van der Waals surface area contributed by atoms with Crippen molar-refractivity contribution in [3.05, 3.63) is 102 Å². The molecule has 0 aliphatic carbocycles. The van der Waals surface area contributed by atoms with Crippen LogP contribution in [0.2, 0.25) is 0 Å². The summed E-state index contributed by atoms with van der Waals surface area (Å²) in [4.78, 5) is 9.98. The zero-order valence-electron chi connectivity index (χ0n) is 22.7. The average Bonchev–Trinajstić information content (AvgIpc) is 3.41. The molecule has 7 nitrogen and oxygen atoms in total. The minimum atomic E-state index is -0.506. The lowest BCUT2D eigenvalue weighted by atomic mass is 10.0. The van der Waals surface area contributed by atoms with Gasteiger partial charge < -0.3 is 25.1 Å². The van der Waals surface area contributed by atoms with Gasteiger partial charge in [0.15, 0.2) is 11.6 Å². The molecule has 8 heteroatoms. The Morgan fingerprint density at radius 3 is 2.52 bits per heavy atom. The number of amidine groups is 1. The molecular weight excluding hydrogens is 505 g/mol. The Morgan fingerprint density at radius 2 is 1.80 bits per heavy atom. The van der Waals surface area contributed by atoms with E-state index in [1.807, 2.05) is 51.2 Å². The van der Waals surface area contributed by atoms with Gasteiger partial charge in [0.05, 0.1) is 30.6 Å². The fourth-order valence-corrected chi connectivity index (χ4v) is 4.66. The summed E-state index contributed by atoms with van der Waals surface area (Å²) in [7, 11) is 0. The summed E-state index contributed by atoms with van der Waals surface area (Å²) in [5.41, 5.74) is 9.03. The van der Waals surface area contributed by atoms with Gasteiger partial charge in [-0.1, -0.05) is 42.5 Å². The Bertz CT molecular complexity index is 1640. The third-order valence-electron chi connectivity index (χ3n) is 6.45. The molecular formula is C32H32FN5O2. The minimum Gasteiger partial charge on any atom is -0.494 e. The third kappa shape index (κ3) is 5.61. The van der Waals surface area contributed by atoms with Crippen molar-refractivity contribution in [1.29, 1.82) is 5.41 Å². The van der Waals surface area contributed by atoms with Crippen LogP contribution in [0.1, 0.15) is 32.2 Å². The summed E-state index contributed by atoms with van der Waals surface area (Å²) in [5, 5.41) is 9.99. The second-order valence-electron chi connectivity index (χ2n) is 9.66. The minimum absolute atomic E-state index is 0.0407. The summed E-state index contributed by atoms with van der Waals surface area (Å²) >= 11 is 0. The number of halogens is 1. The maximum atomic E-state index is 16.0. The van der Waals surface area contributed by atoms with Gasteiger partial charge in [-0.2, -0.15) is 0 Å². The lowest BCUT2D eigenvalue weighted by molar-refractivity contribution is 0.229. The van der Waals surface area contributed by atoms with Crippen molar-refractivity contribution in [1.82, 2.24) is 9.97 Å². The summed E-state index contributed by atoms with van der Waals surface area (Å²) in [6.07, 6.45) is 1.64. The van der Waals surface area contributed by atoms with Crippen LogP contribution >= 0.6 is 0 Å². The molecule has 1 aromatic heterocycles. The maximum absolute atomic E-state index is 16.0. The van der Waals surface area contributed by atoms with Gasteiger partial charge in [0.2, 0.25) is 0 Å². The van der Waals surface area contributed by atoms with E-state index in [0.29, 0.717) is 29.4 Å². The number of nitrogen functional groups attached to an aromatic ring is 1. The lowest BCUT2D eigenvalue weighted by Crippen LogP contribution is -2.20. The summed E-state index contributed by atoms with van der Waals surface area (Å²) < 4.78 is 27.6. The van der Waals surface area contributed by atoms with Crippen LogP contribution in [-0.4, -0.2) is 28.5 Å². The number of H-pyrrole nitrogens is 1. The van der Waals surface area contributed by atoms with Gasteiger partial charge in [0.25, 0.3) is 0 Å². The van der Waals surface area contributed by atoms with Gasteiger partial charge >= 0.3 is 0 Å². The van der Waals surface area contributed by atoms with Gasteiger partial charge in [-0.15, -0.1) is 0 Å². The summed E-state index contributed by atoms with van der Waals surface area (Å²) in [6.45, 7) is 6.23. The van der Waals surface area contributed by atoms with E-state index < -0.39 is 5.82 Å². The van der Waals surface area contributed by atoms with Crippen LogP contribution in [0, 0.1) is 11.2 Å². The first-order valence-corrected chi connectivity index (χ1v) is 13.2. The second-order valence-corrected chi connectivity index (χ2v) is 9.66. The first kappa shape index (κ1) is 26.7. The predicted molar refractivity (Wildman–Crippen MR) is 158 cm³/mol. The Balaban J connectivity index is 1.59. The Hall–Kier alpha value is -4.85. The topological polar surface area (TPSA) is 100 Å². The van der Waals surface area contributed by atoms with Crippen LogP contribution in [0.25, 0.3) is 22.0 Å². The number of nitrogens with two attached hydrogens (primary N) is 1. The number of aromatic amines is 1. The molecule has 204 valence electrons. The van der Waals surface area contributed by atoms with E-state index in [2.05, 4.69) is 23.2 Å². The fourth-order valence-electron chi connectivity index (χ4n) is 4.66. The molecule has 5 rings (SSSR count). The second kappa shape index (κ2) is 11.5. The molecule has 0 aliphatic rings. The van der Waals surface area contributed by atoms with Gasteiger partial charge in [-0.3, -0.25) is 5.41 Å². The molecule has 0 atom stereocenters. The largest absolute Gasteiger partial charge is 0.494 e. The molecule has 4 aromatic carbocycles. The van der Waals surface area contributed by atoms with Gasteiger partial charge in [-0.05, 0) is 55.8 Å². The van der Waals surface area contributed by atoms with E-state index in [1.54, 1.807) is 41.3 Å². The van der Waals surface area contributed by atoms with Crippen LogP contribution in [0.4, 0.5) is 15.8 Å². The molecule has 0 saturated carbocycles. The first-order valence-electron chi connectivity index (χ1n) is 13.2. The van der Waals surface area contributed by atoms with Crippen molar-refractivity contribution < 1.29 is 13.9 Å². The average molecular weight is 538 g/mol. The molecule has 0 aliphatic heterocycles. The normalized spacial score (nSPS) is 11.1. The monoisotopic (exact) mass is 537 g/mol. The number of hydrogen-bond acceptors (Lipinski definition) is 5. The molecule has 4 N–H and O–H groups in total. The summed E-state index contributed by atoms with van der Waals surface area (Å²) in [5.74, 6) is 0.703. The number of benzene rings is 4. The highest BCUT2D eigenvalue weighted by atomic mass is 19.1. The molecule has 0 bridgehead atoms. The number of aromatic nitrogens is 2. The highest BCUT2D eigenvalue weighted by Gasteiger charge is 2.22. The van der Waals surface area contributed by atoms with Crippen molar-refractivity contribution >= 4 is 28.0 Å². The number of anilines is 2. The van der Waals surface area contributed by atoms with Gasteiger partial charge in [0.1, 0.15) is 17.4 Å². The number of nitrogens with one attached hydrogen (secondary N) is 2. The van der Waals surface area contributed by atoms with Crippen molar-refractivity contribution in [2.75, 3.05) is 11.5 Å². The van der Waals surface area contributed by atoms with Crippen LogP contribution in [0.3, 0.4) is 0 Å². The maximum Gasteiger partial charge on any atom is 0.188 e. The number of imidazole rings is 1. The highest BCUT2D eigenvalue weighted by molar-refractivity contribution is 5.96. The Morgan fingerprint density at radius 1 is 1.05 bits per heavy atom. The van der Waals surface area contributed by atoms with E-state index >= 15 is 4.39 Å². The van der Waals surface area contributed by atoms with Crippen molar-refractivity contribution in [3.63, 3.8) is 0 Å². The standard InChI is InChI=1S/C32H32FN5O2/c1-4-39-24-16-28(31(33)29(17-24)40-20(2)3)38(23-14-12-22(13-15-23)32(34)35)19-30-36-18-27(37-30)26-11-7-9-21-8-5-6-10-25(21)26/h5-18,20H,4,19H2,1-3H3,(H3,34,35)(H,36,37). The SMILES string of the molecule is CCOc1cc(OC(C)C)c(F)c(N(Cc2nc(-c3cccc4ccccc34)c[nH]2)c2ccc(C(=N)N)cc2)c1. The van der Waals surface area contributed by atoms with Crippen LogP contribution in [0.5, 0.6) is 11.5 Å². The zero-order chi connectivity index (χ0) is 28.2. The van der Waals surface area contributed by atoms with Crippen molar-refractivity contribution in [2.45, 2.75) is 33.4 Å². The highest BCUT2D eigenvalue weighted by Crippen LogP contribution is 2.38.